The number of hydrogen-bond acceptors (Lipinski definition) is 3. The van der Waals surface area contributed by atoms with Crippen LogP contribution in [0.2, 0.25) is 0 Å². The van der Waals surface area contributed by atoms with Crippen LogP contribution < -0.4 is 10.0 Å². The van der Waals surface area contributed by atoms with Gasteiger partial charge in [0.05, 0.1) is 6.26 Å². The lowest BCUT2D eigenvalue weighted by molar-refractivity contribution is -0.0886. The molecule has 5 heteroatoms. The van der Waals surface area contributed by atoms with Crippen LogP contribution in [0.1, 0.15) is 26.2 Å². The largest absolute Gasteiger partial charge is 0.311 e. The third kappa shape index (κ3) is 1.49. The van der Waals surface area contributed by atoms with Crippen molar-refractivity contribution in [2.45, 2.75) is 37.3 Å². The van der Waals surface area contributed by atoms with Gasteiger partial charge in [-0.1, -0.05) is 6.92 Å². The van der Waals surface area contributed by atoms with Gasteiger partial charge in [0.25, 0.3) is 0 Å². The number of rotatable bonds is 4. The molecule has 3 fully saturated rings. The molecule has 0 radical (unpaired) electrons. The highest BCUT2D eigenvalue weighted by Gasteiger charge is 2.68. The molecule has 0 aromatic carbocycles. The van der Waals surface area contributed by atoms with Crippen LogP contribution in [-0.4, -0.2) is 32.3 Å². The van der Waals surface area contributed by atoms with Gasteiger partial charge in [-0.3, -0.25) is 0 Å². The molecule has 3 aliphatic rings. The highest BCUT2D eigenvalue weighted by molar-refractivity contribution is 7.88. The van der Waals surface area contributed by atoms with Crippen molar-refractivity contribution in [2.24, 2.45) is 0 Å². The molecule has 4 nitrogen and oxygen atoms in total. The van der Waals surface area contributed by atoms with Gasteiger partial charge in [-0.05, 0) is 25.8 Å². The second-order valence-corrected chi connectivity index (χ2v) is 6.24. The van der Waals surface area contributed by atoms with Gasteiger partial charge in [-0.25, -0.2) is 13.1 Å². The molecule has 0 amide bonds. The first-order valence-electron chi connectivity index (χ1n) is 4.63. The first kappa shape index (κ1) is 9.43. The Balaban J connectivity index is 1.90. The molecule has 0 atom stereocenters. The van der Waals surface area contributed by atoms with E-state index < -0.39 is 10.0 Å². The number of nitrogens with one attached hydrogen (secondary N) is 2. The Morgan fingerprint density at radius 1 is 1.23 bits per heavy atom. The predicted molar refractivity (Wildman–Crippen MR) is 51.0 cm³/mol. The zero-order valence-corrected chi connectivity index (χ0v) is 8.87. The van der Waals surface area contributed by atoms with Crippen molar-refractivity contribution in [3.8, 4) is 0 Å². The maximum atomic E-state index is 11.0. The third-order valence-electron chi connectivity index (χ3n) is 2.98. The molecular weight excluding hydrogens is 188 g/mol. The van der Waals surface area contributed by atoms with Crippen molar-refractivity contribution >= 4 is 10.0 Å². The summed E-state index contributed by atoms with van der Waals surface area (Å²) in [5.41, 5.74) is 0.183. The lowest BCUT2D eigenvalue weighted by Gasteiger charge is -2.70. The number of hydrogen-bond donors (Lipinski definition) is 2. The Hall–Kier alpha value is -0.130. The molecule has 0 aromatic heterocycles. The van der Waals surface area contributed by atoms with Crippen LogP contribution in [0.4, 0.5) is 0 Å². The SMILES string of the molecule is CCNC12CC(NS(C)(=O)=O)(C1)C2. The van der Waals surface area contributed by atoms with E-state index in [0.29, 0.717) is 0 Å². The maximum absolute atomic E-state index is 11.0. The smallest absolute Gasteiger partial charge is 0.209 e. The summed E-state index contributed by atoms with van der Waals surface area (Å²) < 4.78 is 24.7. The molecule has 0 heterocycles. The molecule has 2 bridgehead atoms. The fourth-order valence-electron chi connectivity index (χ4n) is 2.85. The topological polar surface area (TPSA) is 58.2 Å². The minimum atomic E-state index is -3.02. The van der Waals surface area contributed by atoms with E-state index in [4.69, 9.17) is 0 Å². The summed E-state index contributed by atoms with van der Waals surface area (Å²) in [6, 6.07) is 0. The first-order chi connectivity index (χ1) is 5.89. The second kappa shape index (κ2) is 2.46. The van der Waals surface area contributed by atoms with Crippen LogP contribution in [0, 0.1) is 0 Å². The van der Waals surface area contributed by atoms with E-state index in [0.717, 1.165) is 25.8 Å². The van der Waals surface area contributed by atoms with Crippen molar-refractivity contribution in [3.05, 3.63) is 0 Å². The Morgan fingerprint density at radius 2 is 1.77 bits per heavy atom. The summed E-state index contributed by atoms with van der Waals surface area (Å²) in [4.78, 5) is 0. The summed E-state index contributed by atoms with van der Waals surface area (Å²) >= 11 is 0. The monoisotopic (exact) mass is 204 g/mol. The van der Waals surface area contributed by atoms with Crippen molar-refractivity contribution in [2.75, 3.05) is 12.8 Å². The van der Waals surface area contributed by atoms with E-state index in [1.165, 1.54) is 6.26 Å². The molecule has 3 rings (SSSR count). The van der Waals surface area contributed by atoms with E-state index in [9.17, 15) is 8.42 Å². The minimum absolute atomic E-state index is 0.0875. The molecule has 3 aliphatic carbocycles. The first-order valence-corrected chi connectivity index (χ1v) is 6.52. The molecule has 3 saturated carbocycles. The van der Waals surface area contributed by atoms with E-state index >= 15 is 0 Å². The van der Waals surface area contributed by atoms with E-state index in [-0.39, 0.29) is 11.1 Å². The molecule has 0 aliphatic heterocycles. The average Bonchev–Trinajstić information content (AvgIpc) is 1.77. The Kier molecular flexibility index (Phi) is 1.78. The molecular formula is C8H16N2O2S. The van der Waals surface area contributed by atoms with Gasteiger partial charge in [0.1, 0.15) is 0 Å². The van der Waals surface area contributed by atoms with Crippen molar-refractivity contribution in [3.63, 3.8) is 0 Å². The Labute approximate surface area is 79.1 Å². The van der Waals surface area contributed by atoms with Gasteiger partial charge in [-0.15, -0.1) is 0 Å². The maximum Gasteiger partial charge on any atom is 0.209 e. The van der Waals surface area contributed by atoms with Crippen LogP contribution in [0.3, 0.4) is 0 Å². The van der Waals surface area contributed by atoms with Crippen molar-refractivity contribution in [1.29, 1.82) is 0 Å². The van der Waals surface area contributed by atoms with Gasteiger partial charge in [0.2, 0.25) is 10.0 Å². The summed E-state index contributed by atoms with van der Waals surface area (Å²) in [5, 5.41) is 3.40. The molecule has 0 saturated heterocycles. The van der Waals surface area contributed by atoms with E-state index in [1.807, 2.05) is 0 Å². The molecule has 0 aromatic rings. The Bertz CT molecular complexity index is 303. The highest BCUT2D eigenvalue weighted by atomic mass is 32.2. The third-order valence-corrected chi connectivity index (χ3v) is 3.79. The zero-order valence-electron chi connectivity index (χ0n) is 8.05. The van der Waals surface area contributed by atoms with Crippen LogP contribution in [0.5, 0.6) is 0 Å². The van der Waals surface area contributed by atoms with E-state index in [1.54, 1.807) is 0 Å². The van der Waals surface area contributed by atoms with Gasteiger partial charge >= 0.3 is 0 Å². The summed E-state index contributed by atoms with van der Waals surface area (Å²) in [6.45, 7) is 3.05. The van der Waals surface area contributed by atoms with E-state index in [2.05, 4.69) is 17.0 Å². The summed E-state index contributed by atoms with van der Waals surface area (Å²) in [6.07, 6.45) is 4.11. The van der Waals surface area contributed by atoms with Crippen LogP contribution in [0.15, 0.2) is 0 Å². The normalized spacial score (nSPS) is 42.3. The standard InChI is InChI=1S/C8H16N2O2S/c1-3-9-7-4-8(5-7,6-7)10-13(2,11)12/h9-10H,3-6H2,1-2H3. The van der Waals surface area contributed by atoms with Crippen LogP contribution in [-0.2, 0) is 10.0 Å². The van der Waals surface area contributed by atoms with Gasteiger partial charge < -0.3 is 5.32 Å². The van der Waals surface area contributed by atoms with Crippen LogP contribution in [0.25, 0.3) is 0 Å². The molecule has 0 unspecified atom stereocenters. The van der Waals surface area contributed by atoms with Crippen LogP contribution >= 0.6 is 0 Å². The average molecular weight is 204 g/mol. The Morgan fingerprint density at radius 3 is 2.15 bits per heavy atom. The lowest BCUT2D eigenvalue weighted by Crippen LogP contribution is -2.83. The fourth-order valence-corrected chi connectivity index (χ4v) is 3.86. The minimum Gasteiger partial charge on any atom is -0.311 e. The van der Waals surface area contributed by atoms with Crippen molar-refractivity contribution in [1.82, 2.24) is 10.0 Å². The van der Waals surface area contributed by atoms with Gasteiger partial charge in [0.15, 0.2) is 0 Å². The molecule has 0 spiro atoms. The van der Waals surface area contributed by atoms with Crippen molar-refractivity contribution < 1.29 is 8.42 Å². The van der Waals surface area contributed by atoms with Gasteiger partial charge in [0, 0.05) is 11.1 Å². The fraction of sp³-hybridized carbons (Fsp3) is 1.00. The lowest BCUT2D eigenvalue weighted by atomic mass is 9.44. The zero-order chi connectivity index (χ0) is 9.74. The summed E-state index contributed by atoms with van der Waals surface area (Å²) in [7, 11) is -3.02. The predicted octanol–water partition coefficient (Wildman–Crippen LogP) is -0.180. The van der Waals surface area contributed by atoms with Gasteiger partial charge in [-0.2, -0.15) is 0 Å². The quantitative estimate of drug-likeness (QED) is 0.668. The molecule has 76 valence electrons. The second-order valence-electron chi connectivity index (χ2n) is 4.50. The molecule has 13 heavy (non-hydrogen) atoms. The summed E-state index contributed by atoms with van der Waals surface area (Å²) in [5.74, 6) is 0. The number of sulfonamides is 1. The molecule has 2 N–H and O–H groups in total. The highest BCUT2D eigenvalue weighted by Crippen LogP contribution is 2.60.